The predicted molar refractivity (Wildman–Crippen MR) is 111 cm³/mol. The highest BCUT2D eigenvalue weighted by Crippen LogP contribution is 2.24. The highest BCUT2D eigenvalue weighted by atomic mass is 35.5. The molecule has 0 bridgehead atoms. The van der Waals surface area contributed by atoms with Crippen LogP contribution in [0.15, 0.2) is 48.8 Å². The third kappa shape index (κ3) is 4.41. The van der Waals surface area contributed by atoms with Gasteiger partial charge in [0, 0.05) is 16.3 Å². The Hall–Kier alpha value is -3.46. The first-order valence-electron chi connectivity index (χ1n) is 9.14. The first kappa shape index (κ1) is 19.8. The molecule has 2 aromatic carbocycles. The van der Waals surface area contributed by atoms with Gasteiger partial charge >= 0.3 is 0 Å². The maximum atomic E-state index is 13.0. The molecule has 1 saturated heterocycles. The van der Waals surface area contributed by atoms with Crippen LogP contribution in [0, 0.1) is 0 Å². The predicted octanol–water partition coefficient (Wildman–Crippen LogP) is 3.10. The second-order valence-electron chi connectivity index (χ2n) is 6.70. The third-order valence-electron chi connectivity index (χ3n) is 4.58. The van der Waals surface area contributed by atoms with Crippen molar-refractivity contribution in [1.82, 2.24) is 15.0 Å². The van der Waals surface area contributed by atoms with Gasteiger partial charge in [0.1, 0.15) is 24.9 Å². The molecule has 154 valence electrons. The van der Waals surface area contributed by atoms with Crippen molar-refractivity contribution in [3.63, 3.8) is 0 Å². The molecule has 1 aromatic heterocycles. The van der Waals surface area contributed by atoms with Crippen LogP contribution in [0.5, 0.6) is 5.75 Å². The van der Waals surface area contributed by atoms with Gasteiger partial charge in [0.2, 0.25) is 17.8 Å². The molecule has 4 rings (SSSR count). The van der Waals surface area contributed by atoms with E-state index in [4.69, 9.17) is 22.1 Å². The van der Waals surface area contributed by atoms with Crippen LogP contribution >= 0.6 is 11.6 Å². The minimum atomic E-state index is -0.775. The summed E-state index contributed by atoms with van der Waals surface area (Å²) in [6, 6.07) is 11.8. The lowest BCUT2D eigenvalue weighted by Gasteiger charge is -2.38. The quantitative estimate of drug-likeness (QED) is 0.595. The first-order chi connectivity index (χ1) is 14.5. The molecule has 1 aliphatic rings. The van der Waals surface area contributed by atoms with Crippen LogP contribution < -0.4 is 20.7 Å². The van der Waals surface area contributed by atoms with Crippen molar-refractivity contribution in [1.29, 1.82) is 0 Å². The van der Waals surface area contributed by atoms with Crippen LogP contribution in [0.2, 0.25) is 5.02 Å². The number of alkyl halides is 1. The molecule has 30 heavy (non-hydrogen) atoms. The Morgan fingerprint density at radius 2 is 2.00 bits per heavy atom. The summed E-state index contributed by atoms with van der Waals surface area (Å²) in [4.78, 5) is 26.1. The Balaban J connectivity index is 1.40. The number of rotatable bonds is 7. The van der Waals surface area contributed by atoms with Crippen molar-refractivity contribution >= 4 is 35.1 Å². The molecule has 2 heterocycles. The molecule has 0 atom stereocenters. The van der Waals surface area contributed by atoms with Crippen LogP contribution in [0.3, 0.4) is 0 Å². The zero-order valence-electron chi connectivity index (χ0n) is 15.8. The molecule has 0 unspecified atom stereocenters. The molecule has 0 aliphatic carbocycles. The number of nitrogens with one attached hydrogen (secondary N) is 1. The van der Waals surface area contributed by atoms with E-state index in [2.05, 4.69) is 20.3 Å². The van der Waals surface area contributed by atoms with Gasteiger partial charge in [-0.1, -0.05) is 17.7 Å². The molecule has 0 saturated carbocycles. The number of ether oxygens (including phenoxy) is 1. The second kappa shape index (κ2) is 8.50. The minimum absolute atomic E-state index is 0.0192. The van der Waals surface area contributed by atoms with Gasteiger partial charge in [0.15, 0.2) is 0 Å². The molecule has 3 N–H and O–H groups in total. The highest BCUT2D eigenvalue weighted by Gasteiger charge is 2.30. The summed E-state index contributed by atoms with van der Waals surface area (Å²) < 4.78 is 18.9. The molecule has 1 amide bonds. The SMILES string of the molecule is NC(=O)c1cc(Nc2ncnc(N3CC(Oc4ccc(Cl)cc4)C3)n2)ccc1CF. The number of nitrogens with zero attached hydrogens (tertiary/aromatic N) is 4. The van der Waals surface area contributed by atoms with E-state index in [0.717, 1.165) is 5.75 Å². The largest absolute Gasteiger partial charge is 0.487 e. The fourth-order valence-electron chi connectivity index (χ4n) is 3.01. The Labute approximate surface area is 176 Å². The van der Waals surface area contributed by atoms with Crippen LogP contribution in [-0.4, -0.2) is 40.1 Å². The molecule has 0 spiro atoms. The van der Waals surface area contributed by atoms with Gasteiger partial charge in [0.25, 0.3) is 0 Å². The van der Waals surface area contributed by atoms with E-state index in [9.17, 15) is 9.18 Å². The van der Waals surface area contributed by atoms with E-state index in [1.807, 2.05) is 17.0 Å². The van der Waals surface area contributed by atoms with Crippen molar-refractivity contribution in [2.75, 3.05) is 23.3 Å². The number of amides is 1. The molecule has 1 aliphatic heterocycles. The van der Waals surface area contributed by atoms with Crippen molar-refractivity contribution < 1.29 is 13.9 Å². The second-order valence-corrected chi connectivity index (χ2v) is 7.14. The summed E-state index contributed by atoms with van der Waals surface area (Å²) in [6.07, 6.45) is 1.41. The average molecular weight is 429 g/mol. The summed E-state index contributed by atoms with van der Waals surface area (Å²) in [5.74, 6) is 0.850. The van der Waals surface area contributed by atoms with E-state index in [0.29, 0.717) is 35.7 Å². The van der Waals surface area contributed by atoms with Crippen molar-refractivity contribution in [3.05, 3.63) is 64.9 Å². The van der Waals surface area contributed by atoms with Gasteiger partial charge in [-0.15, -0.1) is 0 Å². The van der Waals surface area contributed by atoms with Crippen molar-refractivity contribution in [2.45, 2.75) is 12.8 Å². The lowest BCUT2D eigenvalue weighted by atomic mass is 10.1. The summed E-state index contributed by atoms with van der Waals surface area (Å²) in [5.41, 5.74) is 6.18. The maximum absolute atomic E-state index is 13.0. The monoisotopic (exact) mass is 428 g/mol. The van der Waals surface area contributed by atoms with Gasteiger partial charge in [-0.25, -0.2) is 14.4 Å². The number of primary amides is 1. The Morgan fingerprint density at radius 3 is 2.70 bits per heavy atom. The molecular formula is C20H18ClFN6O2. The van der Waals surface area contributed by atoms with Crippen LogP contribution in [0.4, 0.5) is 22.0 Å². The van der Waals surface area contributed by atoms with Crippen LogP contribution in [0.1, 0.15) is 15.9 Å². The summed E-state index contributed by atoms with van der Waals surface area (Å²) in [7, 11) is 0. The summed E-state index contributed by atoms with van der Waals surface area (Å²) in [6.45, 7) is 0.481. The van der Waals surface area contributed by atoms with E-state index in [-0.39, 0.29) is 17.2 Å². The Bertz CT molecular complexity index is 1060. The van der Waals surface area contributed by atoms with E-state index >= 15 is 0 Å². The third-order valence-corrected chi connectivity index (χ3v) is 4.83. The summed E-state index contributed by atoms with van der Waals surface area (Å²) >= 11 is 5.88. The van der Waals surface area contributed by atoms with Gasteiger partial charge in [0.05, 0.1) is 13.1 Å². The molecule has 10 heteroatoms. The summed E-state index contributed by atoms with van der Waals surface area (Å²) in [5, 5.41) is 3.64. The number of anilines is 3. The van der Waals surface area contributed by atoms with Gasteiger partial charge < -0.3 is 20.7 Å². The van der Waals surface area contributed by atoms with E-state index < -0.39 is 12.6 Å². The van der Waals surface area contributed by atoms with Crippen molar-refractivity contribution in [2.24, 2.45) is 5.73 Å². The number of benzene rings is 2. The van der Waals surface area contributed by atoms with Gasteiger partial charge in [-0.2, -0.15) is 4.98 Å². The van der Waals surface area contributed by atoms with Crippen LogP contribution in [-0.2, 0) is 6.67 Å². The smallest absolute Gasteiger partial charge is 0.249 e. The number of aromatic nitrogens is 3. The lowest BCUT2D eigenvalue weighted by molar-refractivity contribution is 0.0998. The fraction of sp³-hybridized carbons (Fsp3) is 0.200. The first-order valence-corrected chi connectivity index (χ1v) is 9.51. The zero-order chi connectivity index (χ0) is 21.1. The zero-order valence-corrected chi connectivity index (χ0v) is 16.5. The Kier molecular flexibility index (Phi) is 5.62. The standard InChI is InChI=1S/C20H18ClFN6O2/c21-13-2-5-15(6-3-13)30-16-9-28(10-16)20-25-11-24-19(27-20)26-14-4-1-12(8-22)17(7-14)18(23)29/h1-7,11,16H,8-10H2,(H2,23,29)(H,24,25,26,27). The number of carbonyl (C=O) groups is 1. The average Bonchev–Trinajstić information content (AvgIpc) is 2.72. The van der Waals surface area contributed by atoms with Crippen LogP contribution in [0.25, 0.3) is 0 Å². The van der Waals surface area contributed by atoms with E-state index in [1.165, 1.54) is 18.5 Å². The highest BCUT2D eigenvalue weighted by molar-refractivity contribution is 6.30. The molecule has 0 radical (unpaired) electrons. The normalized spacial score (nSPS) is 13.6. The number of carbonyl (C=O) groups excluding carboxylic acids is 1. The molecular weight excluding hydrogens is 411 g/mol. The number of hydrogen-bond donors (Lipinski definition) is 2. The fourth-order valence-corrected chi connectivity index (χ4v) is 3.14. The molecule has 8 nitrogen and oxygen atoms in total. The number of hydrogen-bond acceptors (Lipinski definition) is 7. The number of nitrogens with two attached hydrogens (primary N) is 1. The molecule has 3 aromatic rings. The van der Waals surface area contributed by atoms with Crippen molar-refractivity contribution in [3.8, 4) is 5.75 Å². The minimum Gasteiger partial charge on any atom is -0.487 e. The van der Waals surface area contributed by atoms with E-state index in [1.54, 1.807) is 18.2 Å². The van der Waals surface area contributed by atoms with Gasteiger partial charge in [-0.05, 0) is 42.0 Å². The van der Waals surface area contributed by atoms with Gasteiger partial charge in [-0.3, -0.25) is 4.79 Å². The molecule has 1 fully saturated rings. The lowest BCUT2D eigenvalue weighted by Crippen LogP contribution is -2.54. The maximum Gasteiger partial charge on any atom is 0.249 e. The number of halogens is 2. The Morgan fingerprint density at radius 1 is 1.23 bits per heavy atom. The topological polar surface area (TPSA) is 106 Å².